The minimum absolute atomic E-state index is 0.0697. The Balaban J connectivity index is 3.11. The number of allylic oxidation sites excluding steroid dienone is 1. The van der Waals surface area contributed by atoms with Gasteiger partial charge in [0.05, 0.1) is 12.7 Å². The highest BCUT2D eigenvalue weighted by molar-refractivity contribution is 5.44. The van der Waals surface area contributed by atoms with E-state index in [-0.39, 0.29) is 6.61 Å². The van der Waals surface area contributed by atoms with Crippen LogP contribution in [0.5, 0.6) is 0 Å². The van der Waals surface area contributed by atoms with Crippen molar-refractivity contribution in [1.82, 2.24) is 0 Å². The predicted molar refractivity (Wildman–Crippen MR) is 67.1 cm³/mol. The van der Waals surface area contributed by atoms with Crippen molar-refractivity contribution in [3.63, 3.8) is 0 Å². The van der Waals surface area contributed by atoms with Crippen molar-refractivity contribution in [2.75, 3.05) is 6.61 Å². The Morgan fingerprint density at radius 2 is 2.12 bits per heavy atom. The Bertz CT molecular complexity index is 420. The predicted octanol–water partition coefficient (Wildman–Crippen LogP) is 1.01. The van der Waals surface area contributed by atoms with Crippen molar-refractivity contribution in [3.8, 4) is 11.8 Å². The zero-order valence-electron chi connectivity index (χ0n) is 10.8. The van der Waals surface area contributed by atoms with Gasteiger partial charge >= 0.3 is 0 Å². The Kier molecular flexibility index (Phi) is 3.83. The van der Waals surface area contributed by atoms with Gasteiger partial charge in [-0.05, 0) is 31.1 Å². The first-order valence-electron chi connectivity index (χ1n) is 5.66. The van der Waals surface area contributed by atoms with Gasteiger partial charge in [-0.1, -0.05) is 31.8 Å². The molecular formula is C14H20O3. The molecule has 0 aliphatic heterocycles. The SMILES string of the molecule is CC1=CC(O)C(C)(C)C1(O)C#C/C(C)=C/CO. The Morgan fingerprint density at radius 1 is 1.53 bits per heavy atom. The molecule has 0 aromatic rings. The monoisotopic (exact) mass is 236 g/mol. The van der Waals surface area contributed by atoms with Gasteiger partial charge in [-0.15, -0.1) is 0 Å². The maximum atomic E-state index is 10.6. The summed E-state index contributed by atoms with van der Waals surface area (Å²) in [5.74, 6) is 5.63. The fourth-order valence-electron chi connectivity index (χ4n) is 1.92. The third-order valence-corrected chi connectivity index (χ3v) is 3.49. The Hall–Kier alpha value is -1.08. The highest BCUT2D eigenvalue weighted by Crippen LogP contribution is 2.45. The van der Waals surface area contributed by atoms with E-state index < -0.39 is 17.1 Å². The number of aliphatic hydroxyl groups is 3. The second-order valence-corrected chi connectivity index (χ2v) is 5.05. The number of hydrogen-bond donors (Lipinski definition) is 3. The highest BCUT2D eigenvalue weighted by atomic mass is 16.3. The van der Waals surface area contributed by atoms with E-state index >= 15 is 0 Å². The first kappa shape index (κ1) is 14.0. The summed E-state index contributed by atoms with van der Waals surface area (Å²) < 4.78 is 0. The van der Waals surface area contributed by atoms with E-state index in [0.29, 0.717) is 11.1 Å². The van der Waals surface area contributed by atoms with Crippen LogP contribution in [0.3, 0.4) is 0 Å². The summed E-state index contributed by atoms with van der Waals surface area (Å²) in [6.07, 6.45) is 2.51. The summed E-state index contributed by atoms with van der Waals surface area (Å²) in [5.41, 5.74) is -0.689. The third kappa shape index (κ3) is 2.30. The normalized spacial score (nSPS) is 31.8. The average molecular weight is 236 g/mol. The summed E-state index contributed by atoms with van der Waals surface area (Å²) in [6, 6.07) is 0. The summed E-state index contributed by atoms with van der Waals surface area (Å²) >= 11 is 0. The molecule has 2 atom stereocenters. The molecule has 1 aliphatic rings. The highest BCUT2D eigenvalue weighted by Gasteiger charge is 2.52. The molecule has 3 heteroatoms. The lowest BCUT2D eigenvalue weighted by Gasteiger charge is -2.36. The van der Waals surface area contributed by atoms with Gasteiger partial charge in [0.15, 0.2) is 5.60 Å². The van der Waals surface area contributed by atoms with Gasteiger partial charge in [-0.3, -0.25) is 0 Å². The summed E-state index contributed by atoms with van der Waals surface area (Å²) in [7, 11) is 0. The standard InChI is InChI=1S/C14H20O3/c1-10(6-8-15)5-7-14(17)11(2)9-12(16)13(14,3)4/h6,9,12,15-17H,8H2,1-4H3/b10-6+. The van der Waals surface area contributed by atoms with Crippen LogP contribution in [0.2, 0.25) is 0 Å². The van der Waals surface area contributed by atoms with Crippen LogP contribution in [0, 0.1) is 17.3 Å². The molecule has 0 saturated heterocycles. The molecule has 0 radical (unpaired) electrons. The van der Waals surface area contributed by atoms with E-state index in [1.807, 2.05) is 0 Å². The van der Waals surface area contributed by atoms with Crippen molar-refractivity contribution in [2.45, 2.75) is 39.4 Å². The first-order chi connectivity index (χ1) is 7.75. The first-order valence-corrected chi connectivity index (χ1v) is 5.66. The summed E-state index contributed by atoms with van der Waals surface area (Å²) in [6.45, 7) is 7.02. The number of hydrogen-bond acceptors (Lipinski definition) is 3. The van der Waals surface area contributed by atoms with Gasteiger partial charge in [-0.2, -0.15) is 0 Å². The third-order valence-electron chi connectivity index (χ3n) is 3.49. The number of aliphatic hydroxyl groups excluding tert-OH is 2. The molecule has 0 fully saturated rings. The Labute approximate surface area is 102 Å². The van der Waals surface area contributed by atoms with Crippen LogP contribution in [0.1, 0.15) is 27.7 Å². The van der Waals surface area contributed by atoms with Gasteiger partial charge in [0, 0.05) is 5.41 Å². The lowest BCUT2D eigenvalue weighted by atomic mass is 9.74. The second-order valence-electron chi connectivity index (χ2n) is 5.05. The van der Waals surface area contributed by atoms with Gasteiger partial charge < -0.3 is 15.3 Å². The molecule has 94 valence electrons. The van der Waals surface area contributed by atoms with E-state index in [1.165, 1.54) is 0 Å². The van der Waals surface area contributed by atoms with Crippen LogP contribution in [0.15, 0.2) is 23.3 Å². The van der Waals surface area contributed by atoms with Crippen LogP contribution in [0.4, 0.5) is 0 Å². The lowest BCUT2D eigenvalue weighted by molar-refractivity contribution is -0.0301. The van der Waals surface area contributed by atoms with E-state index in [4.69, 9.17) is 5.11 Å². The molecule has 0 spiro atoms. The molecule has 1 rings (SSSR count). The van der Waals surface area contributed by atoms with Crippen LogP contribution in [-0.4, -0.2) is 33.6 Å². The van der Waals surface area contributed by atoms with E-state index in [9.17, 15) is 10.2 Å². The molecule has 1 aliphatic carbocycles. The molecule has 0 bridgehead atoms. The molecule has 3 nitrogen and oxygen atoms in total. The maximum absolute atomic E-state index is 10.6. The van der Waals surface area contributed by atoms with Crippen LogP contribution >= 0.6 is 0 Å². The molecule has 0 aromatic heterocycles. The molecule has 0 amide bonds. The van der Waals surface area contributed by atoms with E-state index in [2.05, 4.69) is 11.8 Å². The molecule has 0 heterocycles. The zero-order valence-corrected chi connectivity index (χ0v) is 10.8. The largest absolute Gasteiger partial charge is 0.392 e. The van der Waals surface area contributed by atoms with Gasteiger partial charge in [0.25, 0.3) is 0 Å². The molecule has 2 unspecified atom stereocenters. The van der Waals surface area contributed by atoms with E-state index in [0.717, 1.165) is 0 Å². The summed E-state index contributed by atoms with van der Waals surface area (Å²) in [5, 5.41) is 29.2. The fraction of sp³-hybridized carbons (Fsp3) is 0.571. The van der Waals surface area contributed by atoms with Crippen molar-refractivity contribution < 1.29 is 15.3 Å². The van der Waals surface area contributed by atoms with Crippen molar-refractivity contribution in [3.05, 3.63) is 23.3 Å². The fourth-order valence-corrected chi connectivity index (χ4v) is 1.92. The zero-order chi connectivity index (χ0) is 13.3. The van der Waals surface area contributed by atoms with Gasteiger partial charge in [0.1, 0.15) is 0 Å². The second kappa shape index (κ2) is 4.66. The smallest absolute Gasteiger partial charge is 0.154 e. The van der Waals surface area contributed by atoms with Crippen LogP contribution in [0.25, 0.3) is 0 Å². The molecular weight excluding hydrogens is 216 g/mol. The minimum atomic E-state index is -1.32. The maximum Gasteiger partial charge on any atom is 0.154 e. The van der Waals surface area contributed by atoms with Crippen molar-refractivity contribution in [2.24, 2.45) is 5.41 Å². The molecule has 0 aromatic carbocycles. The summed E-state index contributed by atoms with van der Waals surface area (Å²) in [4.78, 5) is 0. The average Bonchev–Trinajstić information content (AvgIpc) is 2.38. The quantitative estimate of drug-likeness (QED) is 0.470. The minimum Gasteiger partial charge on any atom is -0.392 e. The van der Waals surface area contributed by atoms with Gasteiger partial charge in [-0.25, -0.2) is 0 Å². The topological polar surface area (TPSA) is 60.7 Å². The molecule has 17 heavy (non-hydrogen) atoms. The van der Waals surface area contributed by atoms with Crippen LogP contribution < -0.4 is 0 Å². The van der Waals surface area contributed by atoms with E-state index in [1.54, 1.807) is 39.8 Å². The molecule has 3 N–H and O–H groups in total. The Morgan fingerprint density at radius 3 is 2.53 bits per heavy atom. The number of rotatable bonds is 1. The van der Waals surface area contributed by atoms with Crippen LogP contribution in [-0.2, 0) is 0 Å². The van der Waals surface area contributed by atoms with Crippen molar-refractivity contribution >= 4 is 0 Å². The van der Waals surface area contributed by atoms with Crippen molar-refractivity contribution in [1.29, 1.82) is 0 Å². The molecule has 0 saturated carbocycles. The van der Waals surface area contributed by atoms with Gasteiger partial charge in [0.2, 0.25) is 0 Å². The lowest BCUT2D eigenvalue weighted by Crippen LogP contribution is -2.46.